The molecule has 0 heterocycles. The molecule has 0 atom stereocenters. The molecule has 1 amide bonds. The molecule has 0 saturated heterocycles. The molecular weight excluding hydrogens is 367 g/mol. The highest BCUT2D eigenvalue weighted by Gasteiger charge is 2.05. The van der Waals surface area contributed by atoms with E-state index in [2.05, 4.69) is 15.8 Å². The Bertz CT molecular complexity index is 821. The average Bonchev–Trinajstić information content (AvgIpc) is 2.66. The number of carbonyl (C=O) groups excluding carboxylic acids is 1. The van der Waals surface area contributed by atoms with Gasteiger partial charge in [-0.25, -0.2) is 4.39 Å². The number of nitrogens with one attached hydrogen (secondary N) is 2. The molecule has 0 radical (unpaired) electrons. The Kier molecular flexibility index (Phi) is 7.25. The van der Waals surface area contributed by atoms with Gasteiger partial charge in [0.15, 0.2) is 11.7 Å². The molecule has 0 spiro atoms. The van der Waals surface area contributed by atoms with Crippen LogP contribution in [-0.4, -0.2) is 42.3 Å². The molecule has 2 aromatic rings. The third-order valence-corrected chi connectivity index (χ3v) is 3.75. The van der Waals surface area contributed by atoms with E-state index < -0.39 is 0 Å². The van der Waals surface area contributed by atoms with Gasteiger partial charge in [0.25, 0.3) is 5.91 Å². The van der Waals surface area contributed by atoms with Crippen molar-refractivity contribution in [2.75, 3.05) is 26.0 Å². The molecular formula is C19H21FN4O2S. The van der Waals surface area contributed by atoms with Gasteiger partial charge in [-0.15, -0.1) is 0 Å². The molecule has 2 aromatic carbocycles. The molecule has 0 aliphatic carbocycles. The first-order chi connectivity index (χ1) is 12.8. The lowest BCUT2D eigenvalue weighted by Gasteiger charge is -2.11. The van der Waals surface area contributed by atoms with Crippen LogP contribution in [0.3, 0.4) is 0 Å². The van der Waals surface area contributed by atoms with Crippen LogP contribution in [0, 0.1) is 5.82 Å². The first-order valence-electron chi connectivity index (χ1n) is 8.15. The van der Waals surface area contributed by atoms with E-state index in [9.17, 15) is 9.18 Å². The maximum atomic E-state index is 12.9. The number of anilines is 1. The minimum atomic E-state index is -0.313. The van der Waals surface area contributed by atoms with Gasteiger partial charge in [-0.05, 0) is 73.2 Å². The predicted octanol–water partition coefficient (Wildman–Crippen LogP) is 3.00. The minimum absolute atomic E-state index is 0.00962. The van der Waals surface area contributed by atoms with E-state index in [0.29, 0.717) is 22.3 Å². The molecule has 142 valence electrons. The van der Waals surface area contributed by atoms with E-state index >= 15 is 0 Å². The number of ether oxygens (including phenoxy) is 1. The number of carbonyl (C=O) groups is 1. The average molecular weight is 388 g/mol. The molecule has 2 rings (SSSR count). The van der Waals surface area contributed by atoms with Gasteiger partial charge >= 0.3 is 0 Å². The molecule has 0 saturated carbocycles. The summed E-state index contributed by atoms with van der Waals surface area (Å²) < 4.78 is 18.3. The molecule has 0 aliphatic heterocycles. The molecule has 2 N–H and O–H groups in total. The van der Waals surface area contributed by atoms with Crippen LogP contribution in [0.25, 0.3) is 0 Å². The largest absolute Gasteiger partial charge is 0.484 e. The van der Waals surface area contributed by atoms with Crippen LogP contribution >= 0.6 is 12.2 Å². The number of halogens is 1. The molecule has 0 aromatic heterocycles. The van der Waals surface area contributed by atoms with Gasteiger partial charge in [0.2, 0.25) is 0 Å². The lowest BCUT2D eigenvalue weighted by atomic mass is 10.1. The highest BCUT2D eigenvalue weighted by atomic mass is 32.1. The summed E-state index contributed by atoms with van der Waals surface area (Å²) in [4.78, 5) is 13.0. The summed E-state index contributed by atoms with van der Waals surface area (Å²) in [6.45, 7) is 1.82. The number of nitrogens with zero attached hydrogens (tertiary/aromatic N) is 2. The maximum absolute atomic E-state index is 12.9. The van der Waals surface area contributed by atoms with Crippen LogP contribution in [0.2, 0.25) is 0 Å². The molecule has 27 heavy (non-hydrogen) atoms. The molecule has 0 aliphatic rings. The normalized spacial score (nSPS) is 10.9. The Morgan fingerprint density at radius 2 is 1.78 bits per heavy atom. The first kappa shape index (κ1) is 20.3. The highest BCUT2D eigenvalue weighted by molar-refractivity contribution is 7.80. The molecule has 6 nitrogen and oxygen atoms in total. The second-order valence-electron chi connectivity index (χ2n) is 5.87. The van der Waals surface area contributed by atoms with Crippen molar-refractivity contribution in [3.05, 3.63) is 59.9 Å². The molecule has 0 unspecified atom stereocenters. The number of hydrazone groups is 1. The Labute approximate surface area is 163 Å². The Morgan fingerprint density at radius 1 is 1.15 bits per heavy atom. The van der Waals surface area contributed by atoms with Crippen molar-refractivity contribution in [3.8, 4) is 5.75 Å². The van der Waals surface area contributed by atoms with E-state index in [1.54, 1.807) is 38.4 Å². The fourth-order valence-corrected chi connectivity index (χ4v) is 2.12. The SMILES string of the molecule is C/C(=N/NC(=S)Nc1ccc(F)cc1)c1ccc(OCC(=O)N(C)C)cc1. The monoisotopic (exact) mass is 388 g/mol. The molecule has 0 bridgehead atoms. The maximum Gasteiger partial charge on any atom is 0.259 e. The van der Waals surface area contributed by atoms with E-state index in [1.807, 2.05) is 19.1 Å². The molecule has 0 fully saturated rings. The Balaban J connectivity index is 1.88. The number of hydrogen-bond acceptors (Lipinski definition) is 4. The van der Waals surface area contributed by atoms with Gasteiger partial charge in [-0.1, -0.05) is 0 Å². The van der Waals surface area contributed by atoms with E-state index in [-0.39, 0.29) is 18.3 Å². The number of amides is 1. The van der Waals surface area contributed by atoms with Gasteiger partial charge in [-0.2, -0.15) is 5.10 Å². The lowest BCUT2D eigenvalue weighted by Crippen LogP contribution is -2.27. The predicted molar refractivity (Wildman–Crippen MR) is 109 cm³/mol. The zero-order valence-electron chi connectivity index (χ0n) is 15.3. The molecule has 8 heteroatoms. The summed E-state index contributed by atoms with van der Waals surface area (Å²) in [5.41, 5.74) is 5.00. The Morgan fingerprint density at radius 3 is 2.37 bits per heavy atom. The minimum Gasteiger partial charge on any atom is -0.484 e. The van der Waals surface area contributed by atoms with Crippen molar-refractivity contribution in [1.82, 2.24) is 10.3 Å². The smallest absolute Gasteiger partial charge is 0.259 e. The van der Waals surface area contributed by atoms with E-state index in [4.69, 9.17) is 17.0 Å². The third-order valence-electron chi connectivity index (χ3n) is 3.56. The van der Waals surface area contributed by atoms with Crippen LogP contribution in [0.4, 0.5) is 10.1 Å². The van der Waals surface area contributed by atoms with Crippen molar-refractivity contribution >= 4 is 34.6 Å². The summed E-state index contributed by atoms with van der Waals surface area (Å²) in [5.74, 6) is 0.179. The number of hydrogen-bond donors (Lipinski definition) is 2. The third kappa shape index (κ3) is 6.67. The Hall–Kier alpha value is -3.00. The summed E-state index contributed by atoms with van der Waals surface area (Å²) >= 11 is 5.16. The summed E-state index contributed by atoms with van der Waals surface area (Å²) in [7, 11) is 3.36. The van der Waals surface area contributed by atoms with Crippen LogP contribution in [-0.2, 0) is 4.79 Å². The second-order valence-corrected chi connectivity index (χ2v) is 6.28. The quantitative estimate of drug-likeness (QED) is 0.452. The van der Waals surface area contributed by atoms with Crippen LogP contribution in [0.5, 0.6) is 5.75 Å². The first-order valence-corrected chi connectivity index (χ1v) is 8.56. The van der Waals surface area contributed by atoms with E-state index in [0.717, 1.165) is 5.56 Å². The van der Waals surface area contributed by atoms with Crippen molar-refractivity contribution in [3.63, 3.8) is 0 Å². The highest BCUT2D eigenvalue weighted by Crippen LogP contribution is 2.13. The van der Waals surface area contributed by atoms with Gasteiger partial charge in [0.1, 0.15) is 11.6 Å². The van der Waals surface area contributed by atoms with Crippen molar-refractivity contribution < 1.29 is 13.9 Å². The fourth-order valence-electron chi connectivity index (χ4n) is 1.96. The number of benzene rings is 2. The van der Waals surface area contributed by atoms with Crippen LogP contribution < -0.4 is 15.5 Å². The standard InChI is InChI=1S/C19H21FN4O2S/c1-13(22-23-19(27)21-16-8-6-15(20)7-9-16)14-4-10-17(11-5-14)26-12-18(25)24(2)3/h4-11H,12H2,1-3H3,(H2,21,23,27)/b22-13-. The van der Waals surface area contributed by atoms with Gasteiger partial charge in [-0.3, -0.25) is 10.2 Å². The van der Waals surface area contributed by atoms with Crippen molar-refractivity contribution in [2.45, 2.75) is 6.92 Å². The topological polar surface area (TPSA) is 66.0 Å². The number of thiocarbonyl (C=S) groups is 1. The number of rotatable bonds is 6. The number of likely N-dealkylation sites (N-methyl/N-ethyl adjacent to an activating group) is 1. The van der Waals surface area contributed by atoms with E-state index in [1.165, 1.54) is 17.0 Å². The zero-order chi connectivity index (χ0) is 19.8. The summed E-state index contributed by atoms with van der Waals surface area (Å²) in [5, 5.41) is 7.43. The van der Waals surface area contributed by atoms with Crippen molar-refractivity contribution in [1.29, 1.82) is 0 Å². The van der Waals surface area contributed by atoms with Gasteiger partial charge in [0, 0.05) is 19.8 Å². The lowest BCUT2D eigenvalue weighted by molar-refractivity contribution is -0.130. The van der Waals surface area contributed by atoms with Crippen molar-refractivity contribution in [2.24, 2.45) is 5.10 Å². The van der Waals surface area contributed by atoms with Gasteiger partial charge < -0.3 is 15.0 Å². The fraction of sp³-hybridized carbons (Fsp3) is 0.211. The zero-order valence-corrected chi connectivity index (χ0v) is 16.1. The second kappa shape index (κ2) is 9.63. The van der Waals surface area contributed by atoms with Crippen LogP contribution in [0.1, 0.15) is 12.5 Å². The summed E-state index contributed by atoms with van der Waals surface area (Å²) in [6.07, 6.45) is 0. The summed E-state index contributed by atoms with van der Waals surface area (Å²) in [6, 6.07) is 13.1. The van der Waals surface area contributed by atoms with Gasteiger partial charge in [0.05, 0.1) is 5.71 Å². The van der Waals surface area contributed by atoms with Crippen LogP contribution in [0.15, 0.2) is 53.6 Å².